The number of rotatable bonds is 5. The molecule has 2 aromatic carbocycles. The van der Waals surface area contributed by atoms with Gasteiger partial charge in [-0.15, -0.1) is 0 Å². The fourth-order valence-corrected chi connectivity index (χ4v) is 3.12. The SMILES string of the molecule is COc1ccccc1N1CCN(C(=O)/C=C/c2ccccc2[N+](=O)[O-])CC1. The smallest absolute Gasteiger partial charge is 0.276 e. The van der Waals surface area contributed by atoms with E-state index in [1.807, 2.05) is 24.3 Å². The number of hydrogen-bond acceptors (Lipinski definition) is 5. The Morgan fingerprint density at radius 1 is 1.07 bits per heavy atom. The predicted molar refractivity (Wildman–Crippen MR) is 104 cm³/mol. The molecule has 2 aromatic rings. The molecule has 1 saturated heterocycles. The standard InChI is InChI=1S/C20H21N3O4/c1-27-19-9-5-4-8-18(19)21-12-14-22(15-13-21)20(24)11-10-16-6-2-3-7-17(16)23(25)26/h2-11H,12-15H2,1H3/b11-10+. The van der Waals surface area contributed by atoms with Crippen LogP contribution in [0.1, 0.15) is 5.56 Å². The number of nitro benzene ring substituents is 1. The lowest BCUT2D eigenvalue weighted by Gasteiger charge is -2.36. The molecule has 1 amide bonds. The number of methoxy groups -OCH3 is 1. The molecule has 7 heteroatoms. The molecule has 7 nitrogen and oxygen atoms in total. The second-order valence-corrected chi connectivity index (χ2v) is 6.13. The van der Waals surface area contributed by atoms with E-state index in [0.717, 1.165) is 11.4 Å². The molecule has 0 N–H and O–H groups in total. The van der Waals surface area contributed by atoms with Crippen molar-refractivity contribution in [2.75, 3.05) is 38.2 Å². The molecule has 0 aromatic heterocycles. The lowest BCUT2D eigenvalue weighted by molar-refractivity contribution is -0.385. The minimum absolute atomic E-state index is 0.0115. The Bertz CT molecular complexity index is 858. The summed E-state index contributed by atoms with van der Waals surface area (Å²) in [6, 6.07) is 14.2. The monoisotopic (exact) mass is 367 g/mol. The maximum atomic E-state index is 12.4. The number of para-hydroxylation sites is 3. The highest BCUT2D eigenvalue weighted by Gasteiger charge is 2.21. The number of hydrogen-bond donors (Lipinski definition) is 0. The molecule has 0 atom stereocenters. The molecule has 3 rings (SSSR count). The number of carbonyl (C=O) groups is 1. The van der Waals surface area contributed by atoms with Gasteiger partial charge >= 0.3 is 0 Å². The van der Waals surface area contributed by atoms with Gasteiger partial charge in [0.25, 0.3) is 5.69 Å². The number of piperazine rings is 1. The van der Waals surface area contributed by atoms with Crippen molar-refractivity contribution in [1.29, 1.82) is 0 Å². The van der Waals surface area contributed by atoms with E-state index in [1.165, 1.54) is 18.2 Å². The van der Waals surface area contributed by atoms with Crippen molar-refractivity contribution in [1.82, 2.24) is 4.90 Å². The molecule has 0 bridgehead atoms. The van der Waals surface area contributed by atoms with Crippen LogP contribution in [0.3, 0.4) is 0 Å². The average molecular weight is 367 g/mol. The number of nitrogens with zero attached hydrogens (tertiary/aromatic N) is 3. The van der Waals surface area contributed by atoms with Crippen molar-refractivity contribution < 1.29 is 14.5 Å². The van der Waals surface area contributed by atoms with Crippen LogP contribution in [0.5, 0.6) is 5.75 Å². The summed E-state index contributed by atoms with van der Waals surface area (Å²) < 4.78 is 5.40. The van der Waals surface area contributed by atoms with Crippen LogP contribution in [0, 0.1) is 10.1 Å². The van der Waals surface area contributed by atoms with Crippen molar-refractivity contribution >= 4 is 23.4 Å². The minimum Gasteiger partial charge on any atom is -0.495 e. The van der Waals surface area contributed by atoms with Gasteiger partial charge in [-0.3, -0.25) is 14.9 Å². The third-order valence-electron chi connectivity index (χ3n) is 4.56. The van der Waals surface area contributed by atoms with Gasteiger partial charge in [0.2, 0.25) is 5.91 Å². The predicted octanol–water partition coefficient (Wildman–Crippen LogP) is 2.97. The van der Waals surface area contributed by atoms with E-state index in [0.29, 0.717) is 31.7 Å². The molecular formula is C20H21N3O4. The van der Waals surface area contributed by atoms with Crippen LogP contribution in [0.2, 0.25) is 0 Å². The zero-order valence-electron chi connectivity index (χ0n) is 15.1. The van der Waals surface area contributed by atoms with E-state index in [9.17, 15) is 14.9 Å². The van der Waals surface area contributed by atoms with E-state index < -0.39 is 4.92 Å². The highest BCUT2D eigenvalue weighted by Crippen LogP contribution is 2.28. The van der Waals surface area contributed by atoms with E-state index in [-0.39, 0.29) is 11.6 Å². The second kappa shape index (κ2) is 8.35. The maximum absolute atomic E-state index is 12.4. The molecule has 0 spiro atoms. The molecule has 1 heterocycles. The number of carbonyl (C=O) groups excluding carboxylic acids is 1. The zero-order valence-corrected chi connectivity index (χ0v) is 15.1. The third kappa shape index (κ3) is 4.25. The van der Waals surface area contributed by atoms with Gasteiger partial charge in [-0.2, -0.15) is 0 Å². The van der Waals surface area contributed by atoms with E-state index in [2.05, 4.69) is 4.90 Å². The Balaban J connectivity index is 1.63. The van der Waals surface area contributed by atoms with Crippen LogP contribution in [-0.4, -0.2) is 49.0 Å². The van der Waals surface area contributed by atoms with E-state index >= 15 is 0 Å². The summed E-state index contributed by atoms with van der Waals surface area (Å²) in [6.45, 7) is 2.56. The number of benzene rings is 2. The fourth-order valence-electron chi connectivity index (χ4n) is 3.12. The van der Waals surface area contributed by atoms with E-state index in [4.69, 9.17) is 4.74 Å². The van der Waals surface area contributed by atoms with Gasteiger partial charge in [0.05, 0.1) is 23.3 Å². The maximum Gasteiger partial charge on any atom is 0.276 e. The molecule has 27 heavy (non-hydrogen) atoms. The Morgan fingerprint density at radius 2 is 1.74 bits per heavy atom. The molecular weight excluding hydrogens is 346 g/mol. The summed E-state index contributed by atoms with van der Waals surface area (Å²) in [7, 11) is 1.65. The van der Waals surface area contributed by atoms with Crippen LogP contribution < -0.4 is 9.64 Å². The summed E-state index contributed by atoms with van der Waals surface area (Å²) in [5.74, 6) is 0.668. The van der Waals surface area contributed by atoms with Crippen molar-refractivity contribution in [3.8, 4) is 5.75 Å². The molecule has 140 valence electrons. The van der Waals surface area contributed by atoms with Gasteiger partial charge in [0, 0.05) is 38.3 Å². The van der Waals surface area contributed by atoms with Gasteiger partial charge < -0.3 is 14.5 Å². The van der Waals surface area contributed by atoms with Crippen molar-refractivity contribution in [2.45, 2.75) is 0 Å². The summed E-state index contributed by atoms with van der Waals surface area (Å²) in [5, 5.41) is 11.1. The average Bonchev–Trinajstić information content (AvgIpc) is 2.72. The molecule has 0 unspecified atom stereocenters. The van der Waals surface area contributed by atoms with Crippen LogP contribution in [0.4, 0.5) is 11.4 Å². The Morgan fingerprint density at radius 3 is 2.44 bits per heavy atom. The van der Waals surface area contributed by atoms with Crippen LogP contribution in [0.25, 0.3) is 6.08 Å². The first-order valence-corrected chi connectivity index (χ1v) is 8.68. The van der Waals surface area contributed by atoms with Gasteiger partial charge in [-0.1, -0.05) is 24.3 Å². The summed E-state index contributed by atoms with van der Waals surface area (Å²) in [4.78, 5) is 27.0. The van der Waals surface area contributed by atoms with Gasteiger partial charge in [-0.25, -0.2) is 0 Å². The molecule has 0 aliphatic carbocycles. The van der Waals surface area contributed by atoms with Crippen molar-refractivity contribution in [3.63, 3.8) is 0 Å². The normalized spacial score (nSPS) is 14.4. The fraction of sp³-hybridized carbons (Fsp3) is 0.250. The van der Waals surface area contributed by atoms with Gasteiger partial charge in [0.1, 0.15) is 5.75 Å². The second-order valence-electron chi connectivity index (χ2n) is 6.13. The molecule has 1 aliphatic heterocycles. The summed E-state index contributed by atoms with van der Waals surface area (Å²) >= 11 is 0. The quantitative estimate of drug-likeness (QED) is 0.461. The Hall–Kier alpha value is -3.35. The van der Waals surface area contributed by atoms with Crippen LogP contribution >= 0.6 is 0 Å². The lowest BCUT2D eigenvalue weighted by Crippen LogP contribution is -2.48. The largest absolute Gasteiger partial charge is 0.495 e. The summed E-state index contributed by atoms with van der Waals surface area (Å²) in [5.41, 5.74) is 1.42. The summed E-state index contributed by atoms with van der Waals surface area (Å²) in [6.07, 6.45) is 2.91. The first-order chi connectivity index (χ1) is 13.1. The minimum atomic E-state index is -0.448. The zero-order chi connectivity index (χ0) is 19.2. The molecule has 0 radical (unpaired) electrons. The molecule has 0 saturated carbocycles. The highest BCUT2D eigenvalue weighted by molar-refractivity contribution is 5.92. The number of nitro groups is 1. The van der Waals surface area contributed by atoms with Gasteiger partial charge in [0.15, 0.2) is 0 Å². The first-order valence-electron chi connectivity index (χ1n) is 8.68. The number of amides is 1. The Labute approximate surface area is 157 Å². The topological polar surface area (TPSA) is 75.9 Å². The third-order valence-corrected chi connectivity index (χ3v) is 4.56. The van der Waals surface area contributed by atoms with E-state index in [1.54, 1.807) is 30.2 Å². The van der Waals surface area contributed by atoms with Crippen molar-refractivity contribution in [3.05, 3.63) is 70.3 Å². The van der Waals surface area contributed by atoms with Crippen molar-refractivity contribution in [2.24, 2.45) is 0 Å². The van der Waals surface area contributed by atoms with Gasteiger partial charge in [-0.05, 0) is 24.3 Å². The Kier molecular flexibility index (Phi) is 5.71. The molecule has 1 fully saturated rings. The first kappa shape index (κ1) is 18.4. The lowest BCUT2D eigenvalue weighted by atomic mass is 10.1. The number of ether oxygens (including phenoxy) is 1. The number of anilines is 1. The van der Waals surface area contributed by atoms with Crippen LogP contribution in [-0.2, 0) is 4.79 Å². The van der Waals surface area contributed by atoms with Crippen LogP contribution in [0.15, 0.2) is 54.6 Å². The highest BCUT2D eigenvalue weighted by atomic mass is 16.6. The molecule has 1 aliphatic rings.